The Hall–Kier alpha value is -2.15. The average molecular weight is 470 g/mol. The number of ether oxygens (including phenoxy) is 1. The zero-order chi connectivity index (χ0) is 23.4. The molecule has 6 rings (SSSR count). The Labute approximate surface area is 201 Å². The molecule has 0 N–H and O–H groups in total. The fourth-order valence-electron chi connectivity index (χ4n) is 7.32. The standard InChI is InChI=1S/C27H36FN3O3/c1-2-34-26(33)30-11-3-4-19-14-21(16-24(19)30)29-12-9-27(10-13-29)17-31(25(32)18-5-6-18)23-8-7-20(28)15-22(23)27/h7-8,15,18-19,21,24H,2-6,9-14,16-17H2,1H3. The molecule has 3 heterocycles. The second kappa shape index (κ2) is 8.51. The van der Waals surface area contributed by atoms with Gasteiger partial charge in [-0.1, -0.05) is 0 Å². The SMILES string of the molecule is CCOC(=O)N1CCCC2CC(N3CCC4(CC3)CN(C(=O)C3CC3)c3ccc(F)cc34)CC21. The highest BCUT2D eigenvalue weighted by Crippen LogP contribution is 2.50. The van der Waals surface area contributed by atoms with Crippen LogP contribution in [0.5, 0.6) is 0 Å². The third-order valence-corrected chi connectivity index (χ3v) is 9.25. The number of carbonyl (C=O) groups is 2. The van der Waals surface area contributed by atoms with Crippen LogP contribution < -0.4 is 4.90 Å². The molecule has 7 heteroatoms. The smallest absolute Gasteiger partial charge is 0.410 e. The summed E-state index contributed by atoms with van der Waals surface area (Å²) in [7, 11) is 0. The fourth-order valence-corrected chi connectivity index (χ4v) is 7.32. The topological polar surface area (TPSA) is 53.1 Å². The van der Waals surface area contributed by atoms with Crippen molar-refractivity contribution in [2.45, 2.75) is 75.8 Å². The van der Waals surface area contributed by atoms with Crippen LogP contribution in [0.25, 0.3) is 0 Å². The lowest BCUT2D eigenvalue weighted by atomic mass is 9.74. The first-order valence-corrected chi connectivity index (χ1v) is 13.3. The number of hydrogen-bond acceptors (Lipinski definition) is 4. The van der Waals surface area contributed by atoms with E-state index in [4.69, 9.17) is 4.74 Å². The molecule has 1 aromatic rings. The largest absolute Gasteiger partial charge is 0.450 e. The predicted octanol–water partition coefficient (Wildman–Crippen LogP) is 4.32. The highest BCUT2D eigenvalue weighted by atomic mass is 19.1. The van der Waals surface area contributed by atoms with Crippen LogP contribution in [0.15, 0.2) is 18.2 Å². The number of benzene rings is 1. The molecule has 0 aromatic heterocycles. The maximum atomic E-state index is 14.3. The summed E-state index contributed by atoms with van der Waals surface area (Å²) in [6.07, 6.45) is 8.14. The van der Waals surface area contributed by atoms with E-state index in [2.05, 4.69) is 4.90 Å². The number of carbonyl (C=O) groups excluding carboxylic acids is 2. The molecule has 184 valence electrons. The summed E-state index contributed by atoms with van der Waals surface area (Å²) in [4.78, 5) is 32.1. The van der Waals surface area contributed by atoms with Gasteiger partial charge in [-0.25, -0.2) is 9.18 Å². The van der Waals surface area contributed by atoms with Gasteiger partial charge >= 0.3 is 6.09 Å². The van der Waals surface area contributed by atoms with Crippen molar-refractivity contribution in [2.75, 3.05) is 37.7 Å². The minimum atomic E-state index is -0.208. The number of likely N-dealkylation sites (tertiary alicyclic amines) is 2. The molecule has 2 amide bonds. The highest BCUT2D eigenvalue weighted by Gasteiger charge is 2.50. The van der Waals surface area contributed by atoms with Crippen molar-refractivity contribution < 1.29 is 18.7 Å². The molecule has 3 aliphatic heterocycles. The van der Waals surface area contributed by atoms with Crippen molar-refractivity contribution >= 4 is 17.7 Å². The maximum absolute atomic E-state index is 14.3. The van der Waals surface area contributed by atoms with Gasteiger partial charge in [0.2, 0.25) is 5.91 Å². The average Bonchev–Trinajstić information content (AvgIpc) is 3.53. The van der Waals surface area contributed by atoms with Crippen molar-refractivity contribution in [1.82, 2.24) is 9.80 Å². The van der Waals surface area contributed by atoms with Crippen LogP contribution in [-0.2, 0) is 14.9 Å². The van der Waals surface area contributed by atoms with Crippen molar-refractivity contribution in [3.05, 3.63) is 29.6 Å². The summed E-state index contributed by atoms with van der Waals surface area (Å²) in [6, 6.07) is 5.78. The quantitative estimate of drug-likeness (QED) is 0.662. The molecule has 2 saturated carbocycles. The number of hydrogen-bond donors (Lipinski definition) is 0. The molecule has 6 nitrogen and oxygen atoms in total. The molecule has 1 aromatic carbocycles. The Kier molecular flexibility index (Phi) is 5.58. The predicted molar refractivity (Wildman–Crippen MR) is 127 cm³/mol. The third-order valence-electron chi connectivity index (χ3n) is 9.25. The van der Waals surface area contributed by atoms with Gasteiger partial charge in [0.15, 0.2) is 0 Å². The van der Waals surface area contributed by atoms with Gasteiger partial charge in [0.1, 0.15) is 5.82 Å². The molecule has 2 aliphatic carbocycles. The van der Waals surface area contributed by atoms with Crippen LogP contribution in [0.2, 0.25) is 0 Å². The Morgan fingerprint density at radius 3 is 2.65 bits per heavy atom. The summed E-state index contributed by atoms with van der Waals surface area (Å²) in [5, 5.41) is 0. The fraction of sp³-hybridized carbons (Fsp3) is 0.704. The van der Waals surface area contributed by atoms with Crippen LogP contribution in [0.1, 0.15) is 63.9 Å². The number of fused-ring (bicyclic) bond motifs is 3. The molecule has 5 aliphatic rings. The van der Waals surface area contributed by atoms with E-state index in [1.807, 2.05) is 22.8 Å². The second-order valence-corrected chi connectivity index (χ2v) is 11.2. The molecule has 0 bridgehead atoms. The lowest BCUT2D eigenvalue weighted by Gasteiger charge is -2.42. The third kappa shape index (κ3) is 3.71. The van der Waals surface area contributed by atoms with Gasteiger partial charge in [-0.05, 0) is 101 Å². The highest BCUT2D eigenvalue weighted by molar-refractivity contribution is 5.99. The molecule has 34 heavy (non-hydrogen) atoms. The molecule has 1 spiro atoms. The number of halogens is 1. The lowest BCUT2D eigenvalue weighted by molar-refractivity contribution is -0.119. The van der Waals surface area contributed by atoms with E-state index in [1.165, 1.54) is 12.5 Å². The van der Waals surface area contributed by atoms with Gasteiger partial charge in [-0.15, -0.1) is 0 Å². The van der Waals surface area contributed by atoms with Crippen molar-refractivity contribution in [3.63, 3.8) is 0 Å². The minimum Gasteiger partial charge on any atom is -0.450 e. The first kappa shape index (κ1) is 22.3. The van der Waals surface area contributed by atoms with Crippen molar-refractivity contribution in [3.8, 4) is 0 Å². The molecule has 4 fully saturated rings. The Morgan fingerprint density at radius 1 is 1.12 bits per heavy atom. The monoisotopic (exact) mass is 469 g/mol. The Bertz CT molecular complexity index is 972. The minimum absolute atomic E-state index is 0.138. The molecule has 2 saturated heterocycles. The molecular formula is C27H36FN3O3. The van der Waals surface area contributed by atoms with Gasteiger partial charge in [0.25, 0.3) is 0 Å². The summed E-state index contributed by atoms with van der Waals surface area (Å²) >= 11 is 0. The maximum Gasteiger partial charge on any atom is 0.410 e. The van der Waals surface area contributed by atoms with Crippen LogP contribution >= 0.6 is 0 Å². The number of anilines is 1. The molecule has 3 atom stereocenters. The summed E-state index contributed by atoms with van der Waals surface area (Å²) in [6.45, 7) is 5.72. The van der Waals surface area contributed by atoms with E-state index in [1.54, 1.807) is 6.07 Å². The number of amides is 2. The first-order chi connectivity index (χ1) is 16.5. The van der Waals surface area contributed by atoms with E-state index in [-0.39, 0.29) is 29.2 Å². The van der Waals surface area contributed by atoms with Gasteiger partial charge in [0.05, 0.1) is 6.61 Å². The number of rotatable bonds is 3. The van der Waals surface area contributed by atoms with Crippen LogP contribution in [0.4, 0.5) is 14.9 Å². The van der Waals surface area contributed by atoms with E-state index in [0.29, 0.717) is 31.2 Å². The van der Waals surface area contributed by atoms with E-state index in [9.17, 15) is 14.0 Å². The van der Waals surface area contributed by atoms with Gasteiger partial charge < -0.3 is 19.4 Å². The van der Waals surface area contributed by atoms with Gasteiger partial charge in [0, 0.05) is 42.2 Å². The van der Waals surface area contributed by atoms with E-state index >= 15 is 0 Å². The summed E-state index contributed by atoms with van der Waals surface area (Å²) in [5.41, 5.74) is 1.83. The normalized spacial score (nSPS) is 30.4. The summed E-state index contributed by atoms with van der Waals surface area (Å²) < 4.78 is 19.6. The first-order valence-electron chi connectivity index (χ1n) is 13.3. The Balaban J connectivity index is 1.16. The number of piperidine rings is 2. The van der Waals surface area contributed by atoms with Gasteiger partial charge in [-0.3, -0.25) is 4.79 Å². The molecule has 0 radical (unpaired) electrons. The Morgan fingerprint density at radius 2 is 1.91 bits per heavy atom. The zero-order valence-corrected chi connectivity index (χ0v) is 20.2. The van der Waals surface area contributed by atoms with Crippen LogP contribution in [0, 0.1) is 17.7 Å². The lowest BCUT2D eigenvalue weighted by Crippen LogP contribution is -2.49. The van der Waals surface area contributed by atoms with Crippen molar-refractivity contribution in [2.24, 2.45) is 11.8 Å². The van der Waals surface area contributed by atoms with Crippen molar-refractivity contribution in [1.29, 1.82) is 0 Å². The van der Waals surface area contributed by atoms with E-state index < -0.39 is 0 Å². The van der Waals surface area contributed by atoms with Crippen LogP contribution in [0.3, 0.4) is 0 Å². The summed E-state index contributed by atoms with van der Waals surface area (Å²) in [5.74, 6) is 0.746. The molecule has 3 unspecified atom stereocenters. The second-order valence-electron chi connectivity index (χ2n) is 11.2. The van der Waals surface area contributed by atoms with Gasteiger partial charge in [-0.2, -0.15) is 0 Å². The number of nitrogens with zero attached hydrogens (tertiary/aromatic N) is 3. The molecular weight excluding hydrogens is 433 g/mol. The van der Waals surface area contributed by atoms with E-state index in [0.717, 1.165) is 75.8 Å². The van der Waals surface area contributed by atoms with Crippen LogP contribution in [-0.4, -0.2) is 66.7 Å². The zero-order valence-electron chi connectivity index (χ0n) is 20.2.